The molecule has 16 nitrogen and oxygen atoms in total. The van der Waals surface area contributed by atoms with Crippen molar-refractivity contribution in [2.75, 3.05) is 0 Å². The molecule has 0 aromatic rings. The fraction of sp³-hybridized carbons (Fsp3) is 1.00. The Morgan fingerprint density at radius 1 is 0.545 bits per heavy atom. The predicted molar refractivity (Wildman–Crippen MR) is 52.5 cm³/mol. The number of rotatable bonds is 9. The summed E-state index contributed by atoms with van der Waals surface area (Å²) in [7, 11) is 0. The van der Waals surface area contributed by atoms with Gasteiger partial charge in [0.25, 0.3) is 12.3 Å². The molecular weight excluding hydrogens is 420 g/mol. The maximum Gasteiger partial charge on any atom is 1.00 e. The summed E-state index contributed by atoms with van der Waals surface area (Å²) in [5.74, 6) is 0. The van der Waals surface area contributed by atoms with Gasteiger partial charge in [-0.05, 0) is 0 Å². The molecule has 0 saturated carbocycles. The minimum atomic E-state index is -2.06. The van der Waals surface area contributed by atoms with E-state index >= 15 is 0 Å². The van der Waals surface area contributed by atoms with E-state index in [1.165, 1.54) is 21.7 Å². The summed E-state index contributed by atoms with van der Waals surface area (Å²) in [6.07, 6.45) is -4.13. The Morgan fingerprint density at radius 3 is 0.773 bits per heavy atom. The van der Waals surface area contributed by atoms with Crippen LogP contribution in [0, 0.1) is 40.5 Å². The van der Waals surface area contributed by atoms with E-state index < -0.39 is 32.5 Å². The summed E-state index contributed by atoms with van der Waals surface area (Å²) >= 11 is 0. The molecule has 0 rings (SSSR count). The molecule has 4 N–H and O–H groups in total. The molecule has 0 spiro atoms. The van der Waals surface area contributed by atoms with E-state index in [2.05, 4.69) is 0 Å². The fourth-order valence-corrected chi connectivity index (χ4v) is 0.810. The van der Waals surface area contributed by atoms with Gasteiger partial charge in [-0.15, -0.1) is 21.7 Å². The van der Waals surface area contributed by atoms with Gasteiger partial charge in [-0.25, -0.2) is 40.5 Å². The van der Waals surface area contributed by atoms with Gasteiger partial charge in [0.15, 0.2) is 20.1 Å². The average Bonchev–Trinajstić information content (AvgIpc) is 2.12. The van der Waals surface area contributed by atoms with E-state index in [1.54, 1.807) is 0 Å². The third-order valence-electron chi connectivity index (χ3n) is 1.31. The van der Waals surface area contributed by atoms with Gasteiger partial charge < -0.3 is 5.71 Å². The molecule has 0 amide bonds. The molecule has 0 atom stereocenters. The van der Waals surface area contributed by atoms with Crippen molar-refractivity contribution < 1.29 is 231 Å². The Kier molecular flexibility index (Phi) is 34.1. The van der Waals surface area contributed by atoms with E-state index in [1.807, 2.05) is 0 Å². The maximum absolute atomic E-state index is 10.1. The first-order valence-electron chi connectivity index (χ1n) is 3.84. The molecule has 0 aromatic carbocycles. The van der Waals surface area contributed by atoms with Crippen molar-refractivity contribution in [1.29, 1.82) is 0 Å². The first-order chi connectivity index (χ1) is 8.22. The molecule has 0 heterocycles. The Bertz CT molecular complexity index is 320. The molecule has 22 heavy (non-hydrogen) atoms. The van der Waals surface area contributed by atoms with Crippen LogP contribution in [0.5, 0.6) is 0 Å². The molecule has 0 aliphatic rings. The van der Waals surface area contributed by atoms with Crippen molar-refractivity contribution in [3.8, 4) is 0 Å². The van der Waals surface area contributed by atoms with E-state index in [9.17, 15) is 40.5 Å². The molecule has 0 aromatic heterocycles. The van der Waals surface area contributed by atoms with Crippen molar-refractivity contribution in [2.45, 2.75) is 12.3 Å². The normalized spacial score (nSPS) is 7.91. The first-order valence-corrected chi connectivity index (χ1v) is 3.84. The summed E-state index contributed by atoms with van der Waals surface area (Å²) in [5, 5.41) is 35.3. The second kappa shape index (κ2) is 20.7. The van der Waals surface area contributed by atoms with E-state index in [0.29, 0.717) is 0 Å². The molecule has 20 heteroatoms. The van der Waals surface area contributed by atoms with Crippen LogP contribution in [0.4, 0.5) is 0 Å². The maximum atomic E-state index is 10.1. The number of hydrogen-bond acceptors (Lipinski definition) is 8. The van der Waals surface area contributed by atoms with Gasteiger partial charge in [-0.2, -0.15) is 0 Å². The van der Waals surface area contributed by atoms with Crippen LogP contribution in [0.1, 0.15) is 5.71 Å². The van der Waals surface area contributed by atoms with Crippen LogP contribution in [0.3, 0.4) is 0 Å². The summed E-state index contributed by atoms with van der Waals surface area (Å²) in [5.41, 5.74) is 5.03. The van der Waals surface area contributed by atoms with Gasteiger partial charge in [0.05, 0.1) is 0 Å². The molecular formula is C2H10K4N8O8. The summed E-state index contributed by atoms with van der Waals surface area (Å²) < 4.78 is 0. The molecule has 0 bridgehead atoms. The standard InChI is InChI=1S/C2H6N8O8.4K.4H/c11-7(12)3-1(4-8(13)14)2(5-9(15)16)6-10(17)18;;;;;;;;/h1-6H;;;;;;;;/q;4*+1;4*-1. The quantitative estimate of drug-likeness (QED) is 0.116. The van der Waals surface area contributed by atoms with Gasteiger partial charge in [0.1, 0.15) is 0 Å². The summed E-state index contributed by atoms with van der Waals surface area (Å²) in [6.45, 7) is 0. The van der Waals surface area contributed by atoms with Crippen LogP contribution in [-0.4, -0.2) is 32.5 Å². The molecule has 0 unspecified atom stereocenters. The van der Waals surface area contributed by atoms with Crippen molar-refractivity contribution in [3.63, 3.8) is 0 Å². The van der Waals surface area contributed by atoms with Gasteiger partial charge in [-0.1, -0.05) is 0 Å². The van der Waals surface area contributed by atoms with E-state index in [0.717, 1.165) is 0 Å². The Morgan fingerprint density at radius 2 is 0.682 bits per heavy atom. The summed E-state index contributed by atoms with van der Waals surface area (Å²) in [4.78, 5) is 40.4. The predicted octanol–water partition coefficient (Wildman–Crippen LogP) is -14.8. The molecule has 0 saturated heterocycles. The minimum absolute atomic E-state index is 0. The largest absolute Gasteiger partial charge is 1.00 e. The number of nitro groups is 4. The Hall–Kier alpha value is 3.35. The fourth-order valence-electron chi connectivity index (χ4n) is 0.810. The average molecular weight is 431 g/mol. The first kappa shape index (κ1) is 36.3. The van der Waals surface area contributed by atoms with Crippen molar-refractivity contribution in [3.05, 3.63) is 40.5 Å². The second-order valence-corrected chi connectivity index (χ2v) is 2.50. The van der Waals surface area contributed by atoms with Crippen LogP contribution in [-0.2, 0) is 0 Å². The minimum Gasteiger partial charge on any atom is -1.00 e. The third kappa shape index (κ3) is 21.4. The molecule has 0 aliphatic carbocycles. The van der Waals surface area contributed by atoms with Gasteiger partial charge in [0.2, 0.25) is 0 Å². The van der Waals surface area contributed by atoms with Crippen LogP contribution < -0.4 is 227 Å². The molecule has 0 fully saturated rings. The van der Waals surface area contributed by atoms with Gasteiger partial charge >= 0.3 is 206 Å². The zero-order valence-corrected chi connectivity index (χ0v) is 24.7. The molecule has 110 valence electrons. The van der Waals surface area contributed by atoms with Crippen molar-refractivity contribution in [1.82, 2.24) is 21.7 Å². The number of hydrogen-bond donors (Lipinski definition) is 4. The molecule has 0 aliphatic heterocycles. The zero-order chi connectivity index (χ0) is 14.3. The van der Waals surface area contributed by atoms with E-state index in [-0.39, 0.29) is 211 Å². The number of hydrazine groups is 4. The second-order valence-electron chi connectivity index (χ2n) is 2.50. The zero-order valence-electron chi connectivity index (χ0n) is 16.2. The smallest absolute Gasteiger partial charge is 1.00 e. The van der Waals surface area contributed by atoms with E-state index in [4.69, 9.17) is 0 Å². The van der Waals surface area contributed by atoms with Gasteiger partial charge in [-0.3, -0.25) is 0 Å². The van der Waals surface area contributed by atoms with Crippen LogP contribution >= 0.6 is 0 Å². The monoisotopic (exact) mass is 430 g/mol. The number of nitrogens with one attached hydrogen (secondary N) is 4. The Balaban J connectivity index is -0.0000000516. The number of nitrogens with zero attached hydrogens (tertiary/aromatic N) is 4. The molecule has 0 radical (unpaired) electrons. The van der Waals surface area contributed by atoms with Crippen LogP contribution in [0.15, 0.2) is 0 Å². The topological polar surface area (TPSA) is 221 Å². The Labute approximate surface area is 297 Å². The third-order valence-corrected chi connectivity index (χ3v) is 1.31. The van der Waals surface area contributed by atoms with Crippen molar-refractivity contribution in [2.24, 2.45) is 0 Å². The van der Waals surface area contributed by atoms with Gasteiger partial charge in [0, 0.05) is 0 Å². The van der Waals surface area contributed by atoms with Crippen molar-refractivity contribution >= 4 is 0 Å². The SMILES string of the molecule is O=[N+]([O-])NC(N[N+](=O)[O-])C(N[N+](=O)[O-])N[N+](=O)[O-].[H-].[H-].[H-].[H-].[K+].[K+].[K+].[K+]. The van der Waals surface area contributed by atoms with Crippen LogP contribution in [0.2, 0.25) is 0 Å². The van der Waals surface area contributed by atoms with Crippen LogP contribution in [0.25, 0.3) is 0 Å². The summed E-state index contributed by atoms with van der Waals surface area (Å²) in [6, 6.07) is 0.